The van der Waals surface area contributed by atoms with Crippen molar-refractivity contribution in [3.63, 3.8) is 0 Å². The van der Waals surface area contributed by atoms with Crippen molar-refractivity contribution in [3.05, 3.63) is 95.2 Å². The number of ether oxygens (including phenoxy) is 5. The van der Waals surface area contributed by atoms with Crippen molar-refractivity contribution in [3.8, 4) is 16.9 Å². The maximum atomic E-state index is 15.6. The summed E-state index contributed by atoms with van der Waals surface area (Å²) in [4.78, 5) is 67.4. The molecule has 10 atom stereocenters. The lowest BCUT2D eigenvalue weighted by atomic mass is 9.49. The summed E-state index contributed by atoms with van der Waals surface area (Å²) in [6.07, 6.45) is 6.51. The van der Waals surface area contributed by atoms with E-state index in [0.29, 0.717) is 93.9 Å². The quantitative estimate of drug-likeness (QED) is 0.0710. The number of fused-ring (bicyclic) bond motifs is 6. The lowest BCUT2D eigenvalue weighted by molar-refractivity contribution is -0.178. The third kappa shape index (κ3) is 5.21. The van der Waals surface area contributed by atoms with E-state index in [2.05, 4.69) is 57.3 Å². The largest absolute Gasteiger partial charge is 0.496 e. The highest BCUT2D eigenvalue weighted by Gasteiger charge is 2.99. The summed E-state index contributed by atoms with van der Waals surface area (Å²) in [5.41, 5.74) is -1.75. The fraction of sp³-hybridized carbons (Fsp3) is 0.500. The Kier molecular flexibility index (Phi) is 9.61. The van der Waals surface area contributed by atoms with Crippen LogP contribution in [0.15, 0.2) is 72.8 Å². The molecule has 3 saturated heterocycles. The number of nitrogens with one attached hydrogen (secondary N) is 1. The van der Waals surface area contributed by atoms with Crippen molar-refractivity contribution in [2.45, 2.75) is 99.2 Å². The molecule has 0 radical (unpaired) electrons. The van der Waals surface area contributed by atoms with Gasteiger partial charge in [-0.15, -0.1) is 0 Å². The van der Waals surface area contributed by atoms with E-state index in [1.165, 1.54) is 26.0 Å². The molecule has 2 bridgehead atoms. The summed E-state index contributed by atoms with van der Waals surface area (Å²) in [7, 11) is 4.26. The number of H-pyrrole nitrogens is 1. The number of nitrogens with zero attached hydrogens (tertiary/aromatic N) is 3. The molecule has 1 aliphatic carbocycles. The zero-order valence-corrected chi connectivity index (χ0v) is 38.5. The van der Waals surface area contributed by atoms with E-state index in [1.807, 2.05) is 44.2 Å². The number of carbonyl (C=O) groups is 4. The number of aliphatic hydroxyl groups is 1. The van der Waals surface area contributed by atoms with Crippen LogP contribution in [0.25, 0.3) is 22.0 Å². The highest BCUT2D eigenvalue weighted by molar-refractivity contribution is 6.00. The van der Waals surface area contributed by atoms with Gasteiger partial charge in [0.25, 0.3) is 5.60 Å². The Hall–Kier alpha value is -5.54. The minimum Gasteiger partial charge on any atom is -0.496 e. The van der Waals surface area contributed by atoms with Crippen molar-refractivity contribution in [2.24, 2.45) is 11.3 Å². The van der Waals surface area contributed by atoms with E-state index < -0.39 is 63.2 Å². The van der Waals surface area contributed by atoms with Gasteiger partial charge in [-0.25, -0.2) is 4.79 Å². The molecule has 14 heteroatoms. The van der Waals surface area contributed by atoms with Crippen molar-refractivity contribution in [2.75, 3.05) is 59.0 Å². The van der Waals surface area contributed by atoms with Crippen LogP contribution < -0.4 is 9.64 Å². The van der Waals surface area contributed by atoms with E-state index in [9.17, 15) is 19.5 Å². The molecule has 11 rings (SSSR count). The van der Waals surface area contributed by atoms with Crippen LogP contribution in [0, 0.1) is 11.3 Å². The predicted octanol–water partition coefficient (Wildman–Crippen LogP) is 5.55. The molecule has 14 nitrogen and oxygen atoms in total. The van der Waals surface area contributed by atoms with Gasteiger partial charge in [-0.3, -0.25) is 29.1 Å². The Morgan fingerprint density at radius 3 is 2.42 bits per heavy atom. The van der Waals surface area contributed by atoms with Gasteiger partial charge in [0.2, 0.25) is 12.1 Å². The van der Waals surface area contributed by atoms with Gasteiger partial charge in [0.15, 0.2) is 6.10 Å². The zero-order chi connectivity index (χ0) is 46.2. The Morgan fingerprint density at radius 1 is 0.939 bits per heavy atom. The second-order valence-corrected chi connectivity index (χ2v) is 19.8. The summed E-state index contributed by atoms with van der Waals surface area (Å²) in [6.45, 7) is 8.38. The van der Waals surface area contributed by atoms with Gasteiger partial charge in [-0.2, -0.15) is 0 Å². The van der Waals surface area contributed by atoms with Crippen LogP contribution in [0.5, 0.6) is 5.75 Å². The molecular weight excluding hydrogens is 841 g/mol. The first-order valence-electron chi connectivity index (χ1n) is 23.4. The number of aromatic amines is 1. The SMILES string of the molecule is CC[C@]1(O)C[C@H]2CN(CCc3c([nH]c4ccc(-c5ccccc5)cc34)[C@@](C(=O)OC)(c3cc4c(cc3OC)N(C=O)[C@@]35O[C@]3(C(=O)OC)[C@H](OC(C)=O)[C@]3(CC)C=CCN6CC[C@]45[C@@H]63)C2)C1. The number of esters is 3. The number of methoxy groups -OCH3 is 3. The Balaban J connectivity index is 1.22. The molecule has 1 amide bonds. The number of hydrogen-bond acceptors (Lipinski definition) is 12. The van der Waals surface area contributed by atoms with Gasteiger partial charge >= 0.3 is 17.9 Å². The first-order valence-corrected chi connectivity index (χ1v) is 23.4. The fourth-order valence-corrected chi connectivity index (χ4v) is 14.6. The summed E-state index contributed by atoms with van der Waals surface area (Å²) in [5.74, 6) is -1.64. The topological polar surface area (TPSA) is 163 Å². The first-order chi connectivity index (χ1) is 31.8. The van der Waals surface area contributed by atoms with E-state index in [-0.39, 0.29) is 12.3 Å². The Bertz CT molecular complexity index is 2740. The number of hydrogen-bond donors (Lipinski definition) is 2. The second-order valence-electron chi connectivity index (χ2n) is 19.8. The summed E-state index contributed by atoms with van der Waals surface area (Å²) in [5, 5.41) is 13.1. The van der Waals surface area contributed by atoms with E-state index >= 15 is 4.79 Å². The molecule has 66 heavy (non-hydrogen) atoms. The van der Waals surface area contributed by atoms with Crippen LogP contribution in [0.4, 0.5) is 5.69 Å². The van der Waals surface area contributed by atoms with Gasteiger partial charge in [0, 0.05) is 72.8 Å². The highest BCUT2D eigenvalue weighted by atomic mass is 16.7. The smallest absolute Gasteiger partial charge is 0.347 e. The van der Waals surface area contributed by atoms with Gasteiger partial charge in [-0.1, -0.05) is 62.4 Å². The molecule has 4 aromatic rings. The molecule has 4 fully saturated rings. The number of carbonyl (C=O) groups excluding carboxylic acids is 4. The van der Waals surface area contributed by atoms with Crippen LogP contribution in [0.2, 0.25) is 0 Å². The third-order valence-corrected chi connectivity index (χ3v) is 17.1. The molecule has 1 unspecified atom stereocenters. The number of anilines is 1. The van der Waals surface area contributed by atoms with Gasteiger partial charge in [0.05, 0.1) is 38.0 Å². The first kappa shape index (κ1) is 43.1. The molecule has 7 aliphatic rings. The van der Waals surface area contributed by atoms with Gasteiger partial charge in [-0.05, 0) is 91.4 Å². The van der Waals surface area contributed by atoms with E-state index in [4.69, 9.17) is 23.7 Å². The summed E-state index contributed by atoms with van der Waals surface area (Å²) >= 11 is 0. The van der Waals surface area contributed by atoms with Crippen molar-refractivity contribution in [1.82, 2.24) is 14.8 Å². The maximum Gasteiger partial charge on any atom is 0.347 e. The van der Waals surface area contributed by atoms with Crippen molar-refractivity contribution >= 4 is 40.9 Å². The average molecular weight is 899 g/mol. The van der Waals surface area contributed by atoms with Crippen molar-refractivity contribution < 1.29 is 48.0 Å². The molecule has 1 aromatic heterocycles. The molecule has 3 aromatic carbocycles. The number of amides is 1. The number of epoxide rings is 1. The van der Waals surface area contributed by atoms with Crippen LogP contribution in [0.3, 0.4) is 0 Å². The second kappa shape index (κ2) is 14.7. The summed E-state index contributed by atoms with van der Waals surface area (Å²) < 4.78 is 31.3. The Morgan fingerprint density at radius 2 is 1.73 bits per heavy atom. The lowest BCUT2D eigenvalue weighted by Crippen LogP contribution is -2.75. The number of aromatic nitrogens is 1. The fourth-order valence-electron chi connectivity index (χ4n) is 14.6. The number of rotatable bonds is 9. The predicted molar refractivity (Wildman–Crippen MR) is 244 cm³/mol. The molecule has 6 aliphatic heterocycles. The zero-order valence-electron chi connectivity index (χ0n) is 38.5. The molecule has 7 heterocycles. The van der Waals surface area contributed by atoms with Crippen molar-refractivity contribution in [1.29, 1.82) is 0 Å². The normalized spacial score (nSPS) is 35.8. The molecule has 346 valence electrons. The van der Waals surface area contributed by atoms with E-state index in [0.717, 1.165) is 33.2 Å². The van der Waals surface area contributed by atoms with Gasteiger partial charge < -0.3 is 33.8 Å². The minimum absolute atomic E-state index is 0.162. The lowest BCUT2D eigenvalue weighted by Gasteiger charge is -2.58. The van der Waals surface area contributed by atoms with Crippen LogP contribution >= 0.6 is 0 Å². The molecule has 2 N–H and O–H groups in total. The molecule has 1 saturated carbocycles. The average Bonchev–Trinajstić information content (AvgIpc) is 3.55. The number of piperidine rings is 1. The Labute approximate surface area is 384 Å². The number of benzene rings is 3. The summed E-state index contributed by atoms with van der Waals surface area (Å²) in [6, 6.07) is 20.0. The minimum atomic E-state index is -1.90. The van der Waals surface area contributed by atoms with E-state index in [1.54, 1.807) is 7.11 Å². The molecule has 2 spiro atoms. The van der Waals surface area contributed by atoms with Crippen LogP contribution in [-0.2, 0) is 55.4 Å². The maximum absolute atomic E-state index is 15.6. The standard InChI is InChI=1S/C52H58N4O10/c1-7-47(61)26-32-27-49(45(59)63-5,42-35(17-21-54(28-32)29-47)36-23-34(15-16-39(36)53-42)33-13-10-9-11-14-33)38-24-37-40(25-41(38)62-4)56(30-57)52-50(37)19-22-55-20-12-18-48(8-2,43(50)55)44(65-31(3)58)51(52,66-52)46(60)64-6/h9-16,18,23-25,30,32,43-44,53,61H,7-8,17,19-22,26-29H2,1-6H3/t32-,43+,44-,47+,48-,49+,50-,51+,52+/m1/s1. The monoisotopic (exact) mass is 898 g/mol. The van der Waals surface area contributed by atoms with Gasteiger partial charge in [0.1, 0.15) is 11.2 Å². The van der Waals surface area contributed by atoms with Crippen LogP contribution in [-0.4, -0.2) is 127 Å². The molecular formula is C52H58N4O10. The van der Waals surface area contributed by atoms with Crippen LogP contribution in [0.1, 0.15) is 75.3 Å². The third-order valence-electron chi connectivity index (χ3n) is 17.1. The highest BCUT2D eigenvalue weighted by Crippen LogP contribution is 2.80.